The zero-order valence-electron chi connectivity index (χ0n) is 15.5. The minimum absolute atomic E-state index is 0.232. The number of aromatic nitrogens is 4. The molecular formula is C21H23N5O2. The topological polar surface area (TPSA) is 92.9 Å². The van der Waals surface area contributed by atoms with Crippen LogP contribution in [-0.2, 0) is 6.54 Å². The molecule has 2 aliphatic rings. The van der Waals surface area contributed by atoms with Crippen molar-refractivity contribution in [2.75, 3.05) is 0 Å². The number of benzene rings is 1. The van der Waals surface area contributed by atoms with Crippen LogP contribution in [0.3, 0.4) is 0 Å². The summed E-state index contributed by atoms with van der Waals surface area (Å²) in [5.74, 6) is 0.369. The molecule has 0 radical (unpaired) electrons. The Hall–Kier alpha value is -2.80. The van der Waals surface area contributed by atoms with Crippen LogP contribution in [0, 0.1) is 5.92 Å². The standard InChI is InChI=1S/C21H23N5O2/c27-18-11-13(12-26-9-3-8-22-26)10-17(18)25-21(28)20-19(14-6-7-14)23-15-4-1-2-5-16(15)24-20/h1-5,8-9,13-14,17-18,27H,6-7,10-12H2,(H,25,28)/t13?,17-,18-/m1/s1. The van der Waals surface area contributed by atoms with Crippen molar-refractivity contribution in [3.63, 3.8) is 0 Å². The van der Waals surface area contributed by atoms with Gasteiger partial charge >= 0.3 is 0 Å². The number of carbonyl (C=O) groups is 1. The van der Waals surface area contributed by atoms with Gasteiger partial charge in [0.1, 0.15) is 0 Å². The van der Waals surface area contributed by atoms with Gasteiger partial charge in [-0.05, 0) is 49.8 Å². The van der Waals surface area contributed by atoms with Gasteiger partial charge in [-0.2, -0.15) is 5.10 Å². The highest BCUT2D eigenvalue weighted by Crippen LogP contribution is 2.40. The van der Waals surface area contributed by atoms with E-state index in [-0.39, 0.29) is 17.9 Å². The fourth-order valence-electron chi connectivity index (χ4n) is 4.15. The Kier molecular flexibility index (Phi) is 4.31. The van der Waals surface area contributed by atoms with Crippen molar-refractivity contribution < 1.29 is 9.90 Å². The molecule has 2 saturated carbocycles. The number of para-hydroxylation sites is 2. The molecule has 1 aromatic carbocycles. The van der Waals surface area contributed by atoms with E-state index in [1.165, 1.54) is 0 Å². The summed E-state index contributed by atoms with van der Waals surface area (Å²) in [5.41, 5.74) is 2.74. The van der Waals surface area contributed by atoms with E-state index in [4.69, 9.17) is 4.98 Å². The molecule has 0 bridgehead atoms. The molecule has 0 saturated heterocycles. The van der Waals surface area contributed by atoms with Crippen molar-refractivity contribution >= 4 is 16.9 Å². The van der Waals surface area contributed by atoms with E-state index < -0.39 is 6.10 Å². The van der Waals surface area contributed by atoms with E-state index in [0.29, 0.717) is 18.0 Å². The lowest BCUT2D eigenvalue weighted by molar-refractivity contribution is 0.0866. The molecule has 144 valence electrons. The van der Waals surface area contributed by atoms with Gasteiger partial charge in [-0.1, -0.05) is 12.1 Å². The van der Waals surface area contributed by atoms with Crippen LogP contribution in [0.15, 0.2) is 42.7 Å². The molecule has 2 heterocycles. The molecule has 7 nitrogen and oxygen atoms in total. The van der Waals surface area contributed by atoms with Gasteiger partial charge in [0.2, 0.25) is 0 Å². The molecule has 2 aromatic heterocycles. The summed E-state index contributed by atoms with van der Waals surface area (Å²) in [4.78, 5) is 22.4. The van der Waals surface area contributed by atoms with Crippen molar-refractivity contribution in [2.24, 2.45) is 5.92 Å². The summed E-state index contributed by atoms with van der Waals surface area (Å²) in [7, 11) is 0. The van der Waals surface area contributed by atoms with Gasteiger partial charge in [0, 0.05) is 24.9 Å². The Bertz CT molecular complexity index is 999. The number of carbonyl (C=O) groups excluding carboxylic acids is 1. The van der Waals surface area contributed by atoms with E-state index in [9.17, 15) is 9.90 Å². The maximum atomic E-state index is 13.0. The monoisotopic (exact) mass is 377 g/mol. The summed E-state index contributed by atoms with van der Waals surface area (Å²) < 4.78 is 1.88. The van der Waals surface area contributed by atoms with Gasteiger partial charge in [-0.3, -0.25) is 9.48 Å². The minimum Gasteiger partial charge on any atom is -0.391 e. The van der Waals surface area contributed by atoms with Gasteiger partial charge in [0.15, 0.2) is 5.69 Å². The third kappa shape index (κ3) is 3.38. The highest BCUT2D eigenvalue weighted by atomic mass is 16.3. The maximum Gasteiger partial charge on any atom is 0.272 e. The number of amides is 1. The lowest BCUT2D eigenvalue weighted by Gasteiger charge is -2.17. The van der Waals surface area contributed by atoms with Crippen LogP contribution in [0.25, 0.3) is 11.0 Å². The fourth-order valence-corrected chi connectivity index (χ4v) is 4.15. The van der Waals surface area contributed by atoms with Crippen molar-refractivity contribution in [2.45, 2.75) is 50.3 Å². The smallest absolute Gasteiger partial charge is 0.272 e. The van der Waals surface area contributed by atoms with Crippen molar-refractivity contribution in [1.82, 2.24) is 25.1 Å². The van der Waals surface area contributed by atoms with E-state index in [1.54, 1.807) is 6.20 Å². The van der Waals surface area contributed by atoms with Gasteiger partial charge in [-0.25, -0.2) is 9.97 Å². The molecule has 3 aromatic rings. The Labute approximate surface area is 162 Å². The number of aliphatic hydroxyl groups excluding tert-OH is 1. The number of rotatable bonds is 5. The Morgan fingerprint density at radius 3 is 2.64 bits per heavy atom. The lowest BCUT2D eigenvalue weighted by Crippen LogP contribution is -2.40. The Balaban J connectivity index is 1.34. The van der Waals surface area contributed by atoms with Crippen LogP contribution in [0.1, 0.15) is 47.8 Å². The molecule has 0 aliphatic heterocycles. The molecule has 1 unspecified atom stereocenters. The number of nitrogens with zero attached hydrogens (tertiary/aromatic N) is 4. The van der Waals surface area contributed by atoms with Gasteiger partial charge in [0.05, 0.1) is 28.9 Å². The predicted octanol–water partition coefficient (Wildman–Crippen LogP) is 2.27. The Morgan fingerprint density at radius 1 is 1.14 bits per heavy atom. The first-order chi connectivity index (χ1) is 13.7. The second-order valence-electron chi connectivity index (χ2n) is 7.93. The zero-order chi connectivity index (χ0) is 19.1. The SMILES string of the molecule is O=C(N[C@@H]1CC(Cn2cccn2)C[C@H]1O)c1nc2ccccc2nc1C1CC1. The molecule has 7 heteroatoms. The third-order valence-corrected chi connectivity index (χ3v) is 5.72. The normalized spacial score (nSPS) is 24.5. The van der Waals surface area contributed by atoms with Crippen LogP contribution in [-0.4, -0.2) is 42.9 Å². The summed E-state index contributed by atoms with van der Waals surface area (Å²) in [5, 5.41) is 17.7. The van der Waals surface area contributed by atoms with Crippen LogP contribution in [0.4, 0.5) is 0 Å². The number of fused-ring (bicyclic) bond motifs is 1. The quantitative estimate of drug-likeness (QED) is 0.712. The van der Waals surface area contributed by atoms with E-state index in [0.717, 1.165) is 42.5 Å². The van der Waals surface area contributed by atoms with Crippen molar-refractivity contribution in [3.8, 4) is 0 Å². The summed E-state index contributed by atoms with van der Waals surface area (Å²) in [6.07, 6.45) is 6.60. The highest BCUT2D eigenvalue weighted by Gasteiger charge is 2.36. The van der Waals surface area contributed by atoms with Crippen molar-refractivity contribution in [1.29, 1.82) is 0 Å². The van der Waals surface area contributed by atoms with E-state index in [2.05, 4.69) is 15.4 Å². The van der Waals surface area contributed by atoms with Crippen LogP contribution < -0.4 is 5.32 Å². The minimum atomic E-state index is -0.553. The summed E-state index contributed by atoms with van der Waals surface area (Å²) in [6, 6.07) is 9.26. The first-order valence-electron chi connectivity index (χ1n) is 9.90. The zero-order valence-corrected chi connectivity index (χ0v) is 15.5. The van der Waals surface area contributed by atoms with E-state index >= 15 is 0 Å². The van der Waals surface area contributed by atoms with Crippen LogP contribution >= 0.6 is 0 Å². The molecule has 28 heavy (non-hydrogen) atoms. The predicted molar refractivity (Wildman–Crippen MR) is 104 cm³/mol. The average molecular weight is 377 g/mol. The molecule has 3 atom stereocenters. The average Bonchev–Trinajstić information content (AvgIpc) is 3.32. The largest absolute Gasteiger partial charge is 0.391 e. The molecule has 0 spiro atoms. The molecule has 2 aliphatic carbocycles. The summed E-state index contributed by atoms with van der Waals surface area (Å²) in [6.45, 7) is 0.750. The maximum absolute atomic E-state index is 13.0. The number of hydrogen-bond donors (Lipinski definition) is 2. The van der Waals surface area contributed by atoms with Gasteiger partial charge in [0.25, 0.3) is 5.91 Å². The van der Waals surface area contributed by atoms with Gasteiger partial charge in [-0.15, -0.1) is 0 Å². The molecule has 5 rings (SSSR count). The number of nitrogens with one attached hydrogen (secondary N) is 1. The summed E-state index contributed by atoms with van der Waals surface area (Å²) >= 11 is 0. The van der Waals surface area contributed by atoms with Crippen LogP contribution in [0.5, 0.6) is 0 Å². The molecule has 2 fully saturated rings. The second-order valence-corrected chi connectivity index (χ2v) is 7.93. The first kappa shape index (κ1) is 17.3. The van der Waals surface area contributed by atoms with Crippen LogP contribution in [0.2, 0.25) is 0 Å². The first-order valence-corrected chi connectivity index (χ1v) is 9.90. The van der Waals surface area contributed by atoms with Crippen molar-refractivity contribution in [3.05, 3.63) is 54.1 Å². The van der Waals surface area contributed by atoms with Gasteiger partial charge < -0.3 is 10.4 Å². The Morgan fingerprint density at radius 2 is 1.93 bits per heavy atom. The third-order valence-electron chi connectivity index (χ3n) is 5.72. The molecular weight excluding hydrogens is 354 g/mol. The van der Waals surface area contributed by atoms with E-state index in [1.807, 2.05) is 41.2 Å². The number of hydrogen-bond acceptors (Lipinski definition) is 5. The molecule has 2 N–H and O–H groups in total. The molecule has 1 amide bonds. The lowest BCUT2D eigenvalue weighted by atomic mass is 10.1. The number of aliphatic hydroxyl groups is 1. The highest BCUT2D eigenvalue weighted by molar-refractivity contribution is 5.95. The fraction of sp³-hybridized carbons (Fsp3) is 0.429. The second kappa shape index (κ2) is 6.98.